The number of thioether (sulfide) groups is 1. The molecule has 3 heteroatoms. The highest BCUT2D eigenvalue weighted by Gasteiger charge is 2.51. The van der Waals surface area contributed by atoms with Crippen molar-refractivity contribution in [2.75, 3.05) is 19.4 Å². The molecule has 2 aliphatic rings. The highest BCUT2D eigenvalue weighted by atomic mass is 32.2. The third-order valence-corrected chi connectivity index (χ3v) is 7.40. The van der Waals surface area contributed by atoms with E-state index in [1.165, 1.54) is 51.5 Å². The van der Waals surface area contributed by atoms with Crippen molar-refractivity contribution >= 4 is 11.8 Å². The van der Waals surface area contributed by atoms with Crippen molar-refractivity contribution < 1.29 is 4.74 Å². The summed E-state index contributed by atoms with van der Waals surface area (Å²) in [5.74, 6) is 0. The molecular weight excluding hydrogens is 266 g/mol. The molecule has 118 valence electrons. The highest BCUT2D eigenvalue weighted by Crippen LogP contribution is 2.46. The van der Waals surface area contributed by atoms with Crippen LogP contribution in [0.25, 0.3) is 0 Å². The maximum atomic E-state index is 5.91. The van der Waals surface area contributed by atoms with Crippen LogP contribution in [0.15, 0.2) is 0 Å². The van der Waals surface area contributed by atoms with Gasteiger partial charge in [-0.3, -0.25) is 0 Å². The van der Waals surface area contributed by atoms with E-state index >= 15 is 0 Å². The highest BCUT2D eigenvalue weighted by molar-refractivity contribution is 8.00. The van der Waals surface area contributed by atoms with Gasteiger partial charge >= 0.3 is 0 Å². The second kappa shape index (κ2) is 7.02. The molecule has 2 aliphatic carbocycles. The maximum Gasteiger partial charge on any atom is 0.0658 e. The van der Waals surface area contributed by atoms with Crippen LogP contribution in [0.3, 0.4) is 0 Å². The quantitative estimate of drug-likeness (QED) is 0.760. The Labute approximate surface area is 129 Å². The van der Waals surface area contributed by atoms with E-state index in [9.17, 15) is 0 Å². The van der Waals surface area contributed by atoms with Crippen LogP contribution >= 0.6 is 11.8 Å². The summed E-state index contributed by atoms with van der Waals surface area (Å²) < 4.78 is 6.42. The van der Waals surface area contributed by atoms with E-state index in [1.807, 2.05) is 0 Å². The summed E-state index contributed by atoms with van der Waals surface area (Å²) >= 11 is 2.09. The topological polar surface area (TPSA) is 21.3 Å². The number of hydrogen-bond donors (Lipinski definition) is 1. The van der Waals surface area contributed by atoms with Crippen molar-refractivity contribution in [3.05, 3.63) is 0 Å². The van der Waals surface area contributed by atoms with Crippen LogP contribution in [-0.4, -0.2) is 36.3 Å². The van der Waals surface area contributed by atoms with Gasteiger partial charge in [0.1, 0.15) is 0 Å². The first-order chi connectivity index (χ1) is 9.60. The van der Waals surface area contributed by atoms with Gasteiger partial charge in [-0.15, -0.1) is 0 Å². The Morgan fingerprint density at radius 2 is 1.90 bits per heavy atom. The van der Waals surface area contributed by atoms with Gasteiger partial charge in [-0.25, -0.2) is 0 Å². The van der Waals surface area contributed by atoms with Crippen molar-refractivity contribution in [3.8, 4) is 0 Å². The average Bonchev–Trinajstić information content (AvgIpc) is 2.50. The molecule has 2 saturated carbocycles. The molecule has 0 amide bonds. The lowest BCUT2D eigenvalue weighted by atomic mass is 9.61. The molecule has 0 aromatic rings. The monoisotopic (exact) mass is 299 g/mol. The Kier molecular flexibility index (Phi) is 5.84. The summed E-state index contributed by atoms with van der Waals surface area (Å²) in [6, 6.07) is 0.648. The molecule has 2 fully saturated rings. The van der Waals surface area contributed by atoms with Gasteiger partial charge in [-0.1, -0.05) is 33.1 Å². The van der Waals surface area contributed by atoms with Gasteiger partial charge in [0.25, 0.3) is 0 Å². The van der Waals surface area contributed by atoms with Crippen molar-refractivity contribution in [2.45, 2.75) is 82.6 Å². The maximum absolute atomic E-state index is 5.91. The van der Waals surface area contributed by atoms with E-state index in [1.54, 1.807) is 0 Å². The molecule has 0 aliphatic heterocycles. The minimum absolute atomic E-state index is 0.338. The predicted octanol–water partition coefficient (Wildman–Crippen LogP) is 4.24. The zero-order valence-electron chi connectivity index (χ0n) is 13.8. The van der Waals surface area contributed by atoms with Gasteiger partial charge in [0.2, 0.25) is 0 Å². The molecule has 0 heterocycles. The molecule has 0 bridgehead atoms. The number of ether oxygens (including phenoxy) is 1. The number of rotatable bonds is 7. The molecule has 0 radical (unpaired) electrons. The molecule has 0 saturated heterocycles. The van der Waals surface area contributed by atoms with Crippen molar-refractivity contribution in [2.24, 2.45) is 5.41 Å². The minimum Gasteiger partial charge on any atom is -0.378 e. The Morgan fingerprint density at radius 1 is 1.20 bits per heavy atom. The first-order valence-electron chi connectivity index (χ1n) is 8.50. The molecular formula is C17H33NOS. The molecule has 0 spiro atoms. The lowest BCUT2D eigenvalue weighted by Gasteiger charge is -2.54. The third-order valence-electron chi connectivity index (χ3n) is 5.98. The smallest absolute Gasteiger partial charge is 0.0658 e. The first kappa shape index (κ1) is 16.6. The zero-order chi connectivity index (χ0) is 14.6. The summed E-state index contributed by atoms with van der Waals surface area (Å²) in [6.45, 7) is 8.86. The van der Waals surface area contributed by atoms with E-state index in [0.29, 0.717) is 22.3 Å². The van der Waals surface area contributed by atoms with Gasteiger partial charge in [0, 0.05) is 29.4 Å². The number of nitrogens with one attached hydrogen (secondary N) is 1. The van der Waals surface area contributed by atoms with Gasteiger partial charge in [-0.05, 0) is 38.9 Å². The van der Waals surface area contributed by atoms with Crippen LogP contribution in [0.1, 0.15) is 65.7 Å². The van der Waals surface area contributed by atoms with E-state index < -0.39 is 0 Å². The van der Waals surface area contributed by atoms with Gasteiger partial charge < -0.3 is 10.1 Å². The Balaban J connectivity index is 1.87. The lowest BCUT2D eigenvalue weighted by molar-refractivity contribution is -0.126. The van der Waals surface area contributed by atoms with Crippen molar-refractivity contribution in [1.29, 1.82) is 0 Å². The molecule has 0 aromatic carbocycles. The molecule has 2 nitrogen and oxygen atoms in total. The second-order valence-electron chi connectivity index (χ2n) is 6.92. The molecule has 3 atom stereocenters. The normalized spacial score (nSPS) is 36.6. The summed E-state index contributed by atoms with van der Waals surface area (Å²) in [7, 11) is 0. The van der Waals surface area contributed by atoms with Crippen molar-refractivity contribution in [3.63, 3.8) is 0 Å². The summed E-state index contributed by atoms with van der Waals surface area (Å²) in [4.78, 5) is 0. The third kappa shape index (κ3) is 3.20. The van der Waals surface area contributed by atoms with Gasteiger partial charge in [-0.2, -0.15) is 11.8 Å². The average molecular weight is 300 g/mol. The molecule has 3 unspecified atom stereocenters. The second-order valence-corrected chi connectivity index (χ2v) is 8.19. The van der Waals surface area contributed by atoms with Gasteiger partial charge in [0.15, 0.2) is 0 Å². The summed E-state index contributed by atoms with van der Waals surface area (Å²) in [5.41, 5.74) is 0.338. The summed E-state index contributed by atoms with van der Waals surface area (Å²) in [6.07, 6.45) is 12.2. The Morgan fingerprint density at radius 3 is 2.45 bits per heavy atom. The SMILES string of the molecule is CCOC1CC(NCC2(SC)CCCCC2)C1(C)CC. The molecule has 20 heavy (non-hydrogen) atoms. The fourth-order valence-electron chi connectivity index (χ4n) is 4.02. The van der Waals surface area contributed by atoms with E-state index in [2.05, 4.69) is 44.1 Å². The largest absolute Gasteiger partial charge is 0.378 e. The predicted molar refractivity (Wildman–Crippen MR) is 89.6 cm³/mol. The number of hydrogen-bond acceptors (Lipinski definition) is 3. The fraction of sp³-hybridized carbons (Fsp3) is 1.00. The van der Waals surface area contributed by atoms with E-state index in [0.717, 1.165) is 6.61 Å². The van der Waals surface area contributed by atoms with E-state index in [4.69, 9.17) is 4.74 Å². The summed E-state index contributed by atoms with van der Waals surface area (Å²) in [5, 5.41) is 3.91. The van der Waals surface area contributed by atoms with E-state index in [-0.39, 0.29) is 0 Å². The van der Waals surface area contributed by atoms with Crippen LogP contribution in [0, 0.1) is 5.41 Å². The Hall–Kier alpha value is 0.270. The van der Waals surface area contributed by atoms with Gasteiger partial charge in [0.05, 0.1) is 6.10 Å². The molecule has 0 aromatic heterocycles. The van der Waals surface area contributed by atoms with Crippen LogP contribution in [0.2, 0.25) is 0 Å². The zero-order valence-corrected chi connectivity index (χ0v) is 14.7. The van der Waals surface area contributed by atoms with Crippen LogP contribution in [0.5, 0.6) is 0 Å². The first-order valence-corrected chi connectivity index (χ1v) is 9.73. The lowest BCUT2D eigenvalue weighted by Crippen LogP contribution is -2.63. The molecule has 2 rings (SSSR count). The van der Waals surface area contributed by atoms with Crippen molar-refractivity contribution in [1.82, 2.24) is 5.32 Å². The van der Waals surface area contributed by atoms with Crippen LogP contribution in [-0.2, 0) is 4.74 Å². The van der Waals surface area contributed by atoms with Crippen LogP contribution in [0.4, 0.5) is 0 Å². The molecule has 1 N–H and O–H groups in total. The Bertz CT molecular complexity index is 303. The van der Waals surface area contributed by atoms with Crippen LogP contribution < -0.4 is 5.32 Å². The fourth-order valence-corrected chi connectivity index (χ4v) is 4.95. The minimum atomic E-state index is 0.338. The standard InChI is InChI=1S/C17H33NOS/c1-5-16(3)14(12-15(16)19-6-2)18-13-17(20-4)10-8-7-9-11-17/h14-15,18H,5-13H2,1-4H3.